The number of imidazole rings is 1. The molecule has 3 rings (SSSR count). The van der Waals surface area contributed by atoms with Crippen LogP contribution in [0.3, 0.4) is 0 Å². The summed E-state index contributed by atoms with van der Waals surface area (Å²) in [6, 6.07) is 5.88. The van der Waals surface area contributed by atoms with Crippen LogP contribution in [0.4, 0.5) is 0 Å². The van der Waals surface area contributed by atoms with Crippen molar-refractivity contribution in [2.75, 3.05) is 6.54 Å². The first-order valence-corrected chi connectivity index (χ1v) is 6.17. The summed E-state index contributed by atoms with van der Waals surface area (Å²) in [6.45, 7) is 0.585. The van der Waals surface area contributed by atoms with E-state index < -0.39 is 5.54 Å². The first-order valence-electron chi connectivity index (χ1n) is 6.17. The monoisotopic (exact) mass is 316 g/mol. The van der Waals surface area contributed by atoms with Gasteiger partial charge in [0.1, 0.15) is 5.65 Å². The zero-order valence-corrected chi connectivity index (χ0v) is 12.5. The molecule has 0 bridgehead atoms. The van der Waals surface area contributed by atoms with Gasteiger partial charge in [0.2, 0.25) is 5.91 Å². The van der Waals surface area contributed by atoms with Crippen LogP contribution in [-0.4, -0.2) is 27.4 Å². The zero-order chi connectivity index (χ0) is 12.6. The highest BCUT2D eigenvalue weighted by Crippen LogP contribution is 2.31. The Morgan fingerprint density at radius 1 is 1.40 bits per heavy atom. The van der Waals surface area contributed by atoms with Gasteiger partial charge in [-0.25, -0.2) is 4.98 Å². The summed E-state index contributed by atoms with van der Waals surface area (Å²) < 4.78 is 1.97. The predicted octanol–water partition coefficient (Wildman–Crippen LogP) is 1.33. The molecule has 1 saturated carbocycles. The molecule has 0 radical (unpaired) electrons. The van der Waals surface area contributed by atoms with E-state index >= 15 is 0 Å². The molecule has 0 spiro atoms. The topological polar surface area (TPSA) is 72.4 Å². The SMILES string of the molecule is Cl.Cl.NC1(C(=O)NCCc2cn3ccccc3n2)CC1. The average molecular weight is 317 g/mol. The van der Waals surface area contributed by atoms with E-state index in [1.54, 1.807) is 0 Å². The summed E-state index contributed by atoms with van der Waals surface area (Å²) in [7, 11) is 0. The fraction of sp³-hybridized carbons (Fsp3) is 0.385. The average Bonchev–Trinajstić information content (AvgIpc) is 2.99. The lowest BCUT2D eigenvalue weighted by molar-refractivity contribution is -0.123. The Bertz CT molecular complexity index is 562. The van der Waals surface area contributed by atoms with Crippen molar-refractivity contribution in [3.8, 4) is 0 Å². The summed E-state index contributed by atoms with van der Waals surface area (Å²) in [4.78, 5) is 16.1. The number of hydrogen-bond acceptors (Lipinski definition) is 3. The lowest BCUT2D eigenvalue weighted by Crippen LogP contribution is -2.43. The quantitative estimate of drug-likeness (QED) is 0.893. The van der Waals surface area contributed by atoms with E-state index in [-0.39, 0.29) is 30.7 Å². The number of carbonyl (C=O) groups excluding carboxylic acids is 1. The van der Waals surface area contributed by atoms with Gasteiger partial charge in [-0.1, -0.05) is 6.07 Å². The van der Waals surface area contributed by atoms with Crippen LogP contribution in [0.25, 0.3) is 5.65 Å². The number of amides is 1. The van der Waals surface area contributed by atoms with E-state index in [2.05, 4.69) is 10.3 Å². The standard InChI is InChI=1S/C13H16N4O.2ClH/c14-13(5-6-13)12(18)15-7-4-10-9-17-8-2-1-3-11(17)16-10;;/h1-3,8-9H,4-7,14H2,(H,15,18);2*1H. The van der Waals surface area contributed by atoms with Crippen molar-refractivity contribution in [2.24, 2.45) is 5.73 Å². The van der Waals surface area contributed by atoms with Crippen LogP contribution in [0.2, 0.25) is 0 Å². The molecule has 0 aromatic carbocycles. The summed E-state index contributed by atoms with van der Waals surface area (Å²) in [5.41, 5.74) is 7.12. The molecule has 0 saturated heterocycles. The number of halogens is 2. The lowest BCUT2D eigenvalue weighted by atomic mass is 10.2. The highest BCUT2D eigenvalue weighted by Gasteiger charge is 2.45. The molecular weight excluding hydrogens is 299 g/mol. The van der Waals surface area contributed by atoms with Crippen molar-refractivity contribution in [3.05, 3.63) is 36.3 Å². The van der Waals surface area contributed by atoms with Crippen molar-refractivity contribution in [1.29, 1.82) is 0 Å². The molecular formula is C13H18Cl2N4O. The van der Waals surface area contributed by atoms with Gasteiger partial charge < -0.3 is 15.5 Å². The van der Waals surface area contributed by atoms with Crippen LogP contribution in [0.15, 0.2) is 30.6 Å². The first-order chi connectivity index (χ1) is 8.67. The Balaban J connectivity index is 0.000001000. The van der Waals surface area contributed by atoms with Crippen molar-refractivity contribution in [2.45, 2.75) is 24.8 Å². The second-order valence-corrected chi connectivity index (χ2v) is 4.86. The van der Waals surface area contributed by atoms with Gasteiger partial charge in [-0.15, -0.1) is 24.8 Å². The number of hydrogen-bond donors (Lipinski definition) is 2. The maximum absolute atomic E-state index is 11.6. The second-order valence-electron chi connectivity index (χ2n) is 4.86. The number of aromatic nitrogens is 2. The molecule has 0 atom stereocenters. The Morgan fingerprint density at radius 3 is 2.80 bits per heavy atom. The molecule has 0 aliphatic heterocycles. The highest BCUT2D eigenvalue weighted by molar-refractivity contribution is 5.88. The minimum absolute atomic E-state index is 0. The molecule has 2 aromatic rings. The van der Waals surface area contributed by atoms with E-state index in [0.717, 1.165) is 30.6 Å². The van der Waals surface area contributed by atoms with Gasteiger partial charge >= 0.3 is 0 Å². The second kappa shape index (κ2) is 6.43. The van der Waals surface area contributed by atoms with Gasteiger partial charge in [0.15, 0.2) is 0 Å². The van der Waals surface area contributed by atoms with Gasteiger partial charge in [-0.2, -0.15) is 0 Å². The van der Waals surface area contributed by atoms with Crippen molar-refractivity contribution >= 4 is 36.4 Å². The molecule has 20 heavy (non-hydrogen) atoms. The smallest absolute Gasteiger partial charge is 0.240 e. The fourth-order valence-corrected chi connectivity index (χ4v) is 1.95. The number of nitrogens with zero attached hydrogens (tertiary/aromatic N) is 2. The van der Waals surface area contributed by atoms with Gasteiger partial charge in [0.25, 0.3) is 0 Å². The van der Waals surface area contributed by atoms with Crippen LogP contribution in [-0.2, 0) is 11.2 Å². The first kappa shape index (κ1) is 16.8. The highest BCUT2D eigenvalue weighted by atomic mass is 35.5. The largest absolute Gasteiger partial charge is 0.354 e. The Morgan fingerprint density at radius 2 is 2.15 bits per heavy atom. The number of rotatable bonds is 4. The molecule has 0 unspecified atom stereocenters. The Hall–Kier alpha value is -1.30. The number of pyridine rings is 1. The van der Waals surface area contributed by atoms with E-state index in [9.17, 15) is 4.79 Å². The molecule has 1 amide bonds. The Kier molecular flexibility index (Phi) is 5.39. The maximum Gasteiger partial charge on any atom is 0.240 e. The van der Waals surface area contributed by atoms with Crippen molar-refractivity contribution in [3.63, 3.8) is 0 Å². The van der Waals surface area contributed by atoms with Crippen LogP contribution in [0.1, 0.15) is 18.5 Å². The molecule has 2 heterocycles. The third-order valence-corrected chi connectivity index (χ3v) is 3.32. The zero-order valence-electron chi connectivity index (χ0n) is 10.9. The van der Waals surface area contributed by atoms with Crippen LogP contribution in [0, 0.1) is 0 Å². The van der Waals surface area contributed by atoms with E-state index in [1.165, 1.54) is 0 Å². The number of nitrogens with one attached hydrogen (secondary N) is 1. The maximum atomic E-state index is 11.6. The third-order valence-electron chi connectivity index (χ3n) is 3.32. The lowest BCUT2D eigenvalue weighted by Gasteiger charge is -2.08. The molecule has 110 valence electrons. The summed E-state index contributed by atoms with van der Waals surface area (Å²) in [6.07, 6.45) is 6.27. The van der Waals surface area contributed by atoms with Gasteiger partial charge in [0, 0.05) is 25.4 Å². The summed E-state index contributed by atoms with van der Waals surface area (Å²) in [5.74, 6) is -0.0359. The third kappa shape index (κ3) is 3.42. The summed E-state index contributed by atoms with van der Waals surface area (Å²) in [5, 5.41) is 2.86. The van der Waals surface area contributed by atoms with Gasteiger partial charge in [-0.05, 0) is 25.0 Å². The van der Waals surface area contributed by atoms with E-state index in [0.29, 0.717) is 6.54 Å². The minimum Gasteiger partial charge on any atom is -0.354 e. The predicted molar refractivity (Wildman–Crippen MR) is 82.6 cm³/mol. The number of fused-ring (bicyclic) bond motifs is 1. The van der Waals surface area contributed by atoms with Crippen molar-refractivity contribution in [1.82, 2.24) is 14.7 Å². The summed E-state index contributed by atoms with van der Waals surface area (Å²) >= 11 is 0. The van der Waals surface area contributed by atoms with E-state index in [1.807, 2.05) is 35.0 Å². The minimum atomic E-state index is -0.584. The molecule has 5 nitrogen and oxygen atoms in total. The van der Waals surface area contributed by atoms with Crippen LogP contribution in [0.5, 0.6) is 0 Å². The number of carbonyl (C=O) groups is 1. The van der Waals surface area contributed by atoms with Crippen LogP contribution < -0.4 is 11.1 Å². The van der Waals surface area contributed by atoms with Crippen molar-refractivity contribution < 1.29 is 4.79 Å². The molecule has 3 N–H and O–H groups in total. The molecule has 1 aliphatic carbocycles. The Labute approximate surface area is 129 Å². The van der Waals surface area contributed by atoms with Gasteiger partial charge in [-0.3, -0.25) is 4.79 Å². The van der Waals surface area contributed by atoms with Gasteiger partial charge in [0.05, 0.1) is 11.2 Å². The molecule has 1 fully saturated rings. The fourth-order valence-electron chi connectivity index (χ4n) is 1.95. The molecule has 7 heteroatoms. The van der Waals surface area contributed by atoms with Crippen LogP contribution >= 0.6 is 24.8 Å². The number of nitrogens with two attached hydrogens (primary N) is 1. The normalized spacial score (nSPS) is 15.1. The molecule has 1 aliphatic rings. The molecule has 2 aromatic heterocycles. The van der Waals surface area contributed by atoms with E-state index in [4.69, 9.17) is 5.73 Å².